The van der Waals surface area contributed by atoms with Crippen LogP contribution in [0.25, 0.3) is 0 Å². The average Bonchev–Trinajstić information content (AvgIpc) is 2.58. The van der Waals surface area contributed by atoms with Crippen LogP contribution in [0.4, 0.5) is 5.69 Å². The zero-order chi connectivity index (χ0) is 11.3. The van der Waals surface area contributed by atoms with Gasteiger partial charge in [-0.3, -0.25) is 4.68 Å². The van der Waals surface area contributed by atoms with E-state index >= 15 is 0 Å². The van der Waals surface area contributed by atoms with Crippen molar-refractivity contribution in [2.45, 2.75) is 52.5 Å². The van der Waals surface area contributed by atoms with Gasteiger partial charge in [0.1, 0.15) is 0 Å². The van der Waals surface area contributed by atoms with Gasteiger partial charge in [-0.15, -0.1) is 0 Å². The first kappa shape index (κ1) is 12.1. The highest BCUT2D eigenvalue weighted by Crippen LogP contribution is 2.17. The van der Waals surface area contributed by atoms with E-state index in [4.69, 9.17) is 0 Å². The molecule has 0 saturated heterocycles. The van der Waals surface area contributed by atoms with E-state index in [2.05, 4.69) is 37.4 Å². The van der Waals surface area contributed by atoms with Crippen LogP contribution in [0.1, 0.15) is 45.7 Å². The van der Waals surface area contributed by atoms with E-state index < -0.39 is 0 Å². The normalized spacial score (nSPS) is 12.8. The average molecular weight is 209 g/mol. The third-order valence-electron chi connectivity index (χ3n) is 2.73. The van der Waals surface area contributed by atoms with Gasteiger partial charge in [0.25, 0.3) is 0 Å². The molecule has 0 amide bonds. The van der Waals surface area contributed by atoms with Gasteiger partial charge >= 0.3 is 0 Å². The lowest BCUT2D eigenvalue weighted by Crippen LogP contribution is -2.18. The van der Waals surface area contributed by atoms with Crippen LogP contribution in [-0.2, 0) is 13.5 Å². The van der Waals surface area contributed by atoms with E-state index in [9.17, 15) is 0 Å². The van der Waals surface area contributed by atoms with Gasteiger partial charge in [-0.1, -0.05) is 27.2 Å². The summed E-state index contributed by atoms with van der Waals surface area (Å²) < 4.78 is 1.89. The van der Waals surface area contributed by atoms with Gasteiger partial charge in [0.15, 0.2) is 0 Å². The number of aryl methyl sites for hydroxylation is 2. The predicted molar refractivity (Wildman–Crippen MR) is 65.2 cm³/mol. The molecule has 0 spiro atoms. The topological polar surface area (TPSA) is 29.9 Å². The number of hydrogen-bond donors (Lipinski definition) is 1. The maximum absolute atomic E-state index is 4.43. The quantitative estimate of drug-likeness (QED) is 0.780. The molecule has 3 heteroatoms. The zero-order valence-electron chi connectivity index (χ0n) is 10.4. The Labute approximate surface area is 92.9 Å². The largest absolute Gasteiger partial charge is 0.380 e. The van der Waals surface area contributed by atoms with Crippen molar-refractivity contribution in [1.29, 1.82) is 0 Å². The van der Waals surface area contributed by atoms with E-state index in [1.807, 2.05) is 11.7 Å². The summed E-state index contributed by atoms with van der Waals surface area (Å²) in [6.45, 7) is 6.61. The van der Waals surface area contributed by atoms with Gasteiger partial charge in [0, 0.05) is 19.3 Å². The SMILES string of the molecule is CCCC(CC)Nc1cn(C)nc1CC. The van der Waals surface area contributed by atoms with Crippen molar-refractivity contribution in [2.75, 3.05) is 5.32 Å². The second-order valence-electron chi connectivity index (χ2n) is 4.05. The molecule has 1 atom stereocenters. The Morgan fingerprint density at radius 2 is 2.13 bits per heavy atom. The van der Waals surface area contributed by atoms with E-state index in [0.717, 1.165) is 6.42 Å². The first-order valence-electron chi connectivity index (χ1n) is 6.00. The molecular formula is C12H23N3. The maximum Gasteiger partial charge on any atom is 0.0853 e. The first-order valence-corrected chi connectivity index (χ1v) is 6.00. The fourth-order valence-corrected chi connectivity index (χ4v) is 1.86. The van der Waals surface area contributed by atoms with Crippen LogP contribution >= 0.6 is 0 Å². The highest BCUT2D eigenvalue weighted by atomic mass is 15.3. The molecule has 1 N–H and O–H groups in total. The third-order valence-corrected chi connectivity index (χ3v) is 2.73. The van der Waals surface area contributed by atoms with E-state index in [1.54, 1.807) is 0 Å². The van der Waals surface area contributed by atoms with Crippen LogP contribution in [-0.4, -0.2) is 15.8 Å². The van der Waals surface area contributed by atoms with Crippen molar-refractivity contribution in [1.82, 2.24) is 9.78 Å². The van der Waals surface area contributed by atoms with Crippen molar-refractivity contribution in [3.63, 3.8) is 0 Å². The van der Waals surface area contributed by atoms with Crippen LogP contribution in [0.15, 0.2) is 6.20 Å². The Bertz CT molecular complexity index is 291. The van der Waals surface area contributed by atoms with Crippen molar-refractivity contribution >= 4 is 5.69 Å². The van der Waals surface area contributed by atoms with E-state index in [-0.39, 0.29) is 0 Å². The lowest BCUT2D eigenvalue weighted by Gasteiger charge is -2.16. The highest BCUT2D eigenvalue weighted by molar-refractivity contribution is 5.47. The van der Waals surface area contributed by atoms with Crippen LogP contribution in [0, 0.1) is 0 Å². The molecule has 0 fully saturated rings. The fourth-order valence-electron chi connectivity index (χ4n) is 1.86. The minimum absolute atomic E-state index is 0.587. The second kappa shape index (κ2) is 5.79. The summed E-state index contributed by atoms with van der Waals surface area (Å²) in [7, 11) is 1.98. The molecule has 0 aliphatic carbocycles. The Hall–Kier alpha value is -0.990. The third kappa shape index (κ3) is 3.26. The standard InChI is InChI=1S/C12H23N3/c1-5-8-10(6-2)13-12-9-15(4)14-11(12)7-3/h9-10,13H,5-8H2,1-4H3. The molecule has 1 heterocycles. The molecule has 0 aliphatic rings. The van der Waals surface area contributed by atoms with E-state index in [1.165, 1.54) is 30.6 Å². The van der Waals surface area contributed by atoms with Crippen molar-refractivity contribution < 1.29 is 0 Å². The summed E-state index contributed by atoms with van der Waals surface area (Å²) in [6.07, 6.45) is 6.70. The van der Waals surface area contributed by atoms with Crippen LogP contribution in [0.2, 0.25) is 0 Å². The summed E-state index contributed by atoms with van der Waals surface area (Å²) >= 11 is 0. The van der Waals surface area contributed by atoms with Gasteiger partial charge in [0.2, 0.25) is 0 Å². The summed E-state index contributed by atoms with van der Waals surface area (Å²) in [4.78, 5) is 0. The molecule has 1 unspecified atom stereocenters. The zero-order valence-corrected chi connectivity index (χ0v) is 10.4. The minimum Gasteiger partial charge on any atom is -0.380 e. The Balaban J connectivity index is 2.68. The maximum atomic E-state index is 4.43. The molecule has 86 valence electrons. The number of hydrogen-bond acceptors (Lipinski definition) is 2. The number of anilines is 1. The summed E-state index contributed by atoms with van der Waals surface area (Å²) in [6, 6.07) is 0.587. The Morgan fingerprint density at radius 1 is 1.40 bits per heavy atom. The minimum atomic E-state index is 0.587. The molecule has 1 aromatic rings. The van der Waals surface area contributed by atoms with Gasteiger partial charge in [-0.2, -0.15) is 5.10 Å². The molecule has 15 heavy (non-hydrogen) atoms. The van der Waals surface area contributed by atoms with Crippen LogP contribution in [0.3, 0.4) is 0 Å². The van der Waals surface area contributed by atoms with Crippen molar-refractivity contribution in [2.24, 2.45) is 7.05 Å². The van der Waals surface area contributed by atoms with Crippen molar-refractivity contribution in [3.8, 4) is 0 Å². The molecule has 3 nitrogen and oxygen atoms in total. The smallest absolute Gasteiger partial charge is 0.0853 e. The summed E-state index contributed by atoms with van der Waals surface area (Å²) in [5, 5.41) is 8.02. The van der Waals surface area contributed by atoms with Gasteiger partial charge in [0.05, 0.1) is 11.4 Å². The second-order valence-corrected chi connectivity index (χ2v) is 4.05. The molecule has 0 saturated carbocycles. The molecule has 0 aromatic carbocycles. The molecule has 1 rings (SSSR count). The molecule has 1 aromatic heterocycles. The van der Waals surface area contributed by atoms with Crippen LogP contribution < -0.4 is 5.32 Å². The number of nitrogens with one attached hydrogen (secondary N) is 1. The Kier molecular flexibility index (Phi) is 4.66. The predicted octanol–water partition coefficient (Wildman–Crippen LogP) is 2.97. The molecular weight excluding hydrogens is 186 g/mol. The number of rotatable bonds is 6. The number of aromatic nitrogens is 2. The fraction of sp³-hybridized carbons (Fsp3) is 0.750. The molecule has 0 aliphatic heterocycles. The van der Waals surface area contributed by atoms with Gasteiger partial charge in [-0.25, -0.2) is 0 Å². The number of nitrogens with zero attached hydrogens (tertiary/aromatic N) is 2. The van der Waals surface area contributed by atoms with Crippen molar-refractivity contribution in [3.05, 3.63) is 11.9 Å². The summed E-state index contributed by atoms with van der Waals surface area (Å²) in [5.74, 6) is 0. The monoisotopic (exact) mass is 209 g/mol. The first-order chi connectivity index (χ1) is 7.21. The highest BCUT2D eigenvalue weighted by Gasteiger charge is 2.10. The lowest BCUT2D eigenvalue weighted by molar-refractivity contribution is 0.622. The van der Waals surface area contributed by atoms with Gasteiger partial charge < -0.3 is 5.32 Å². The van der Waals surface area contributed by atoms with E-state index in [0.29, 0.717) is 6.04 Å². The lowest BCUT2D eigenvalue weighted by atomic mass is 10.1. The van der Waals surface area contributed by atoms with Crippen LogP contribution in [0.5, 0.6) is 0 Å². The molecule has 0 bridgehead atoms. The molecule has 0 radical (unpaired) electrons. The summed E-state index contributed by atoms with van der Waals surface area (Å²) in [5.41, 5.74) is 2.38. The van der Waals surface area contributed by atoms with Gasteiger partial charge in [-0.05, 0) is 19.3 Å². The Morgan fingerprint density at radius 3 is 2.67 bits per heavy atom.